The molecule has 1 aromatic rings. The van der Waals surface area contributed by atoms with Crippen LogP contribution in [0.4, 0.5) is 0 Å². The van der Waals surface area contributed by atoms with Crippen LogP contribution in [0.5, 0.6) is 0 Å². The molecule has 0 saturated carbocycles. The van der Waals surface area contributed by atoms with E-state index in [-0.39, 0.29) is 0 Å². The van der Waals surface area contributed by atoms with Crippen molar-refractivity contribution in [3.8, 4) is 0 Å². The van der Waals surface area contributed by atoms with Crippen LogP contribution in [0.3, 0.4) is 0 Å². The molecule has 0 spiro atoms. The predicted molar refractivity (Wildman–Crippen MR) is 57.1 cm³/mol. The van der Waals surface area contributed by atoms with Gasteiger partial charge in [-0.05, 0) is 38.3 Å². The van der Waals surface area contributed by atoms with Gasteiger partial charge < -0.3 is 9.88 Å². The summed E-state index contributed by atoms with van der Waals surface area (Å²) in [6, 6.07) is 0. The van der Waals surface area contributed by atoms with Crippen molar-refractivity contribution in [3.63, 3.8) is 0 Å². The lowest BCUT2D eigenvalue weighted by Gasteiger charge is -2.22. The van der Waals surface area contributed by atoms with Gasteiger partial charge in [0.25, 0.3) is 0 Å². The first-order valence-electron chi connectivity index (χ1n) is 5.53. The van der Waals surface area contributed by atoms with Crippen LogP contribution < -0.4 is 5.32 Å². The zero-order valence-electron chi connectivity index (χ0n) is 8.87. The molecule has 1 aliphatic heterocycles. The molecule has 1 saturated heterocycles. The minimum atomic E-state index is 0.862. The maximum atomic E-state index is 4.34. The summed E-state index contributed by atoms with van der Waals surface area (Å²) in [5.74, 6) is 2.08. The summed E-state index contributed by atoms with van der Waals surface area (Å²) < 4.78 is 2.12. The first kappa shape index (κ1) is 9.71. The van der Waals surface area contributed by atoms with E-state index in [1.165, 1.54) is 38.2 Å². The molecular formula is C11H19N3. The summed E-state index contributed by atoms with van der Waals surface area (Å²) in [5.41, 5.74) is 0. The Morgan fingerprint density at radius 3 is 3.21 bits per heavy atom. The van der Waals surface area contributed by atoms with E-state index >= 15 is 0 Å². The van der Waals surface area contributed by atoms with E-state index in [0.717, 1.165) is 12.3 Å². The first-order chi connectivity index (χ1) is 6.86. The molecule has 1 atom stereocenters. The Morgan fingerprint density at radius 2 is 2.57 bits per heavy atom. The van der Waals surface area contributed by atoms with Crippen molar-refractivity contribution in [3.05, 3.63) is 18.2 Å². The van der Waals surface area contributed by atoms with Gasteiger partial charge in [0.15, 0.2) is 0 Å². The van der Waals surface area contributed by atoms with Crippen molar-refractivity contribution < 1.29 is 0 Å². The fourth-order valence-electron chi connectivity index (χ4n) is 2.14. The lowest BCUT2D eigenvalue weighted by Crippen LogP contribution is -2.30. The van der Waals surface area contributed by atoms with Gasteiger partial charge in [0.05, 0.1) is 0 Å². The van der Waals surface area contributed by atoms with E-state index in [4.69, 9.17) is 0 Å². The summed E-state index contributed by atoms with van der Waals surface area (Å²) in [6.45, 7) is 2.41. The number of piperidine rings is 1. The van der Waals surface area contributed by atoms with Gasteiger partial charge in [-0.3, -0.25) is 0 Å². The second kappa shape index (κ2) is 4.60. The van der Waals surface area contributed by atoms with E-state index in [0.29, 0.717) is 0 Å². The fraction of sp³-hybridized carbons (Fsp3) is 0.727. The molecular weight excluding hydrogens is 174 g/mol. The number of rotatable bonds is 3. The highest BCUT2D eigenvalue weighted by Gasteiger charge is 2.13. The summed E-state index contributed by atoms with van der Waals surface area (Å²) in [4.78, 5) is 4.34. The maximum Gasteiger partial charge on any atom is 0.108 e. The van der Waals surface area contributed by atoms with E-state index in [1.54, 1.807) is 0 Å². The molecule has 0 aliphatic carbocycles. The van der Waals surface area contributed by atoms with Crippen LogP contribution in [0.1, 0.15) is 25.1 Å². The third-order valence-electron chi connectivity index (χ3n) is 3.10. The Hall–Kier alpha value is -0.830. The van der Waals surface area contributed by atoms with Crippen molar-refractivity contribution in [2.45, 2.75) is 25.7 Å². The lowest BCUT2D eigenvalue weighted by molar-refractivity contribution is 0.355. The normalized spacial score (nSPS) is 22.5. The minimum Gasteiger partial charge on any atom is -0.338 e. The maximum absolute atomic E-state index is 4.34. The zero-order chi connectivity index (χ0) is 9.80. The Morgan fingerprint density at radius 1 is 1.64 bits per heavy atom. The van der Waals surface area contributed by atoms with E-state index in [2.05, 4.69) is 21.9 Å². The molecule has 1 fully saturated rings. The molecule has 1 N–H and O–H groups in total. The van der Waals surface area contributed by atoms with E-state index in [1.807, 2.05) is 12.4 Å². The van der Waals surface area contributed by atoms with Gasteiger partial charge in [-0.25, -0.2) is 4.98 Å². The molecule has 14 heavy (non-hydrogen) atoms. The molecule has 0 bridgehead atoms. The highest BCUT2D eigenvalue weighted by molar-refractivity contribution is 4.91. The van der Waals surface area contributed by atoms with Crippen LogP contribution in [0.15, 0.2) is 12.4 Å². The molecule has 0 radical (unpaired) electrons. The molecule has 78 valence electrons. The van der Waals surface area contributed by atoms with Gasteiger partial charge >= 0.3 is 0 Å². The van der Waals surface area contributed by atoms with Crippen LogP contribution in [0, 0.1) is 5.92 Å². The van der Waals surface area contributed by atoms with Crippen LogP contribution in [-0.4, -0.2) is 22.6 Å². The quantitative estimate of drug-likeness (QED) is 0.785. The number of imidazole rings is 1. The van der Waals surface area contributed by atoms with Crippen molar-refractivity contribution in [1.82, 2.24) is 14.9 Å². The van der Waals surface area contributed by atoms with Gasteiger partial charge in [-0.15, -0.1) is 0 Å². The number of aromatic nitrogens is 2. The standard InChI is InChI=1S/C11H19N3/c1-14-8-7-13-11(14)5-4-10-3-2-6-12-9-10/h7-8,10,12H,2-6,9H2,1H3. The van der Waals surface area contributed by atoms with E-state index in [9.17, 15) is 0 Å². The molecule has 3 nitrogen and oxygen atoms in total. The number of nitrogens with one attached hydrogen (secondary N) is 1. The van der Waals surface area contributed by atoms with Crippen LogP contribution in [0.2, 0.25) is 0 Å². The summed E-state index contributed by atoms with van der Waals surface area (Å²) in [7, 11) is 2.07. The molecule has 0 aromatic carbocycles. The second-order valence-electron chi connectivity index (χ2n) is 4.21. The summed E-state index contributed by atoms with van der Waals surface area (Å²) in [5, 5.41) is 3.45. The summed E-state index contributed by atoms with van der Waals surface area (Å²) >= 11 is 0. The van der Waals surface area contributed by atoms with Crippen molar-refractivity contribution in [1.29, 1.82) is 0 Å². The van der Waals surface area contributed by atoms with Crippen molar-refractivity contribution in [2.75, 3.05) is 13.1 Å². The third kappa shape index (κ3) is 2.35. The molecule has 1 aromatic heterocycles. The minimum absolute atomic E-state index is 0.862. The Kier molecular flexibility index (Phi) is 3.19. The van der Waals surface area contributed by atoms with E-state index < -0.39 is 0 Å². The Bertz CT molecular complexity index is 274. The Labute approximate surface area is 85.5 Å². The lowest BCUT2D eigenvalue weighted by atomic mass is 9.94. The van der Waals surface area contributed by atoms with Gasteiger partial charge in [0, 0.05) is 25.9 Å². The van der Waals surface area contributed by atoms with Crippen LogP contribution >= 0.6 is 0 Å². The largest absolute Gasteiger partial charge is 0.338 e. The number of nitrogens with zero attached hydrogens (tertiary/aromatic N) is 2. The second-order valence-corrected chi connectivity index (χ2v) is 4.21. The average Bonchev–Trinajstić information content (AvgIpc) is 2.63. The highest BCUT2D eigenvalue weighted by Crippen LogP contribution is 2.16. The van der Waals surface area contributed by atoms with Gasteiger partial charge in [0.1, 0.15) is 5.82 Å². The van der Waals surface area contributed by atoms with Crippen molar-refractivity contribution in [2.24, 2.45) is 13.0 Å². The molecule has 1 unspecified atom stereocenters. The number of hydrogen-bond donors (Lipinski definition) is 1. The van der Waals surface area contributed by atoms with Gasteiger partial charge in [-0.1, -0.05) is 0 Å². The molecule has 2 rings (SSSR count). The first-order valence-corrected chi connectivity index (χ1v) is 5.53. The monoisotopic (exact) mass is 193 g/mol. The predicted octanol–water partition coefficient (Wildman–Crippen LogP) is 1.35. The fourth-order valence-corrected chi connectivity index (χ4v) is 2.14. The topological polar surface area (TPSA) is 29.9 Å². The van der Waals surface area contributed by atoms with Crippen LogP contribution in [-0.2, 0) is 13.5 Å². The van der Waals surface area contributed by atoms with Gasteiger partial charge in [-0.2, -0.15) is 0 Å². The Balaban J connectivity index is 1.79. The number of hydrogen-bond acceptors (Lipinski definition) is 2. The zero-order valence-corrected chi connectivity index (χ0v) is 8.87. The highest BCUT2D eigenvalue weighted by atomic mass is 15.0. The van der Waals surface area contributed by atoms with Crippen molar-refractivity contribution >= 4 is 0 Å². The van der Waals surface area contributed by atoms with Crippen LogP contribution in [0.25, 0.3) is 0 Å². The van der Waals surface area contributed by atoms with Gasteiger partial charge in [0.2, 0.25) is 0 Å². The summed E-state index contributed by atoms with van der Waals surface area (Å²) in [6.07, 6.45) is 9.03. The SMILES string of the molecule is Cn1ccnc1CCC1CCCNC1. The molecule has 3 heteroatoms. The smallest absolute Gasteiger partial charge is 0.108 e. The average molecular weight is 193 g/mol. The third-order valence-corrected chi connectivity index (χ3v) is 3.10. The molecule has 1 aliphatic rings. The molecule has 0 amide bonds. The molecule has 2 heterocycles. The number of aryl methyl sites for hydroxylation is 2.